The van der Waals surface area contributed by atoms with E-state index < -0.39 is 4.92 Å². The predicted molar refractivity (Wildman–Crippen MR) is 69.9 cm³/mol. The van der Waals surface area contributed by atoms with Crippen molar-refractivity contribution in [3.05, 3.63) is 33.9 Å². The number of nitro benzene ring substituents is 1. The average molecular weight is 251 g/mol. The Labute approximate surface area is 106 Å². The molecule has 0 bridgehead atoms. The summed E-state index contributed by atoms with van der Waals surface area (Å²) in [6.07, 6.45) is 0.839. The van der Waals surface area contributed by atoms with Crippen molar-refractivity contribution in [2.45, 2.75) is 13.3 Å². The number of nitrogens with one attached hydrogen (secondary N) is 1. The summed E-state index contributed by atoms with van der Waals surface area (Å²) in [5.74, 6) is -0.218. The molecule has 1 N–H and O–H groups in total. The van der Waals surface area contributed by atoms with Gasteiger partial charge >= 0.3 is 0 Å². The third kappa shape index (κ3) is 2.97. The highest BCUT2D eigenvalue weighted by atomic mass is 16.6. The molecule has 98 valence electrons. The second-order valence-corrected chi connectivity index (χ2v) is 3.96. The van der Waals surface area contributed by atoms with E-state index in [-0.39, 0.29) is 11.6 Å². The summed E-state index contributed by atoms with van der Waals surface area (Å²) < 4.78 is 0. The largest absolute Gasteiger partial charge is 0.387 e. The van der Waals surface area contributed by atoms with Crippen molar-refractivity contribution >= 4 is 17.3 Å². The first-order chi connectivity index (χ1) is 8.51. The van der Waals surface area contributed by atoms with Gasteiger partial charge in [-0.05, 0) is 12.5 Å². The number of carbonyl (C=O) groups is 1. The van der Waals surface area contributed by atoms with E-state index in [0.29, 0.717) is 17.8 Å². The lowest BCUT2D eigenvalue weighted by Gasteiger charge is -2.18. The highest BCUT2D eigenvalue weighted by molar-refractivity contribution is 6.00. The van der Waals surface area contributed by atoms with Crippen LogP contribution in [0.3, 0.4) is 0 Å². The van der Waals surface area contributed by atoms with Gasteiger partial charge < -0.3 is 10.2 Å². The van der Waals surface area contributed by atoms with E-state index in [1.807, 2.05) is 6.92 Å². The molecular weight excluding hydrogens is 234 g/mol. The Balaban J connectivity index is 3.15. The van der Waals surface area contributed by atoms with Crippen LogP contribution in [0.5, 0.6) is 0 Å². The van der Waals surface area contributed by atoms with Crippen molar-refractivity contribution < 1.29 is 9.72 Å². The van der Waals surface area contributed by atoms with E-state index >= 15 is 0 Å². The summed E-state index contributed by atoms with van der Waals surface area (Å²) in [5.41, 5.74) is 0.832. The van der Waals surface area contributed by atoms with E-state index in [1.54, 1.807) is 25.1 Å². The summed E-state index contributed by atoms with van der Waals surface area (Å²) in [7, 11) is 3.36. The Morgan fingerprint density at radius 3 is 2.67 bits per heavy atom. The maximum absolute atomic E-state index is 12.2. The molecule has 0 radical (unpaired) electrons. The molecule has 0 aromatic heterocycles. The zero-order chi connectivity index (χ0) is 13.7. The predicted octanol–water partition coefficient (Wildman–Crippen LogP) is 2.12. The molecule has 0 aliphatic heterocycles. The standard InChI is InChI=1S/C12H17N3O3/c1-4-7-14(3)12(16)10-8-9(15(17)18)5-6-11(10)13-2/h5-6,8,13H,4,7H2,1-3H3. The number of benzene rings is 1. The summed E-state index contributed by atoms with van der Waals surface area (Å²) in [5, 5.41) is 13.6. The number of rotatable bonds is 5. The van der Waals surface area contributed by atoms with Crippen LogP contribution in [0.1, 0.15) is 23.7 Å². The van der Waals surface area contributed by atoms with Gasteiger partial charge in [0.2, 0.25) is 0 Å². The third-order valence-corrected chi connectivity index (χ3v) is 2.62. The first-order valence-electron chi connectivity index (χ1n) is 5.73. The summed E-state index contributed by atoms with van der Waals surface area (Å²) in [4.78, 5) is 23.9. The van der Waals surface area contributed by atoms with Gasteiger partial charge in [-0.3, -0.25) is 14.9 Å². The summed E-state index contributed by atoms with van der Waals surface area (Å²) in [6, 6.07) is 4.23. The van der Waals surface area contributed by atoms with Gasteiger partial charge in [0.1, 0.15) is 0 Å². The number of non-ortho nitro benzene ring substituents is 1. The minimum atomic E-state index is -0.504. The summed E-state index contributed by atoms with van der Waals surface area (Å²) in [6.45, 7) is 2.58. The SMILES string of the molecule is CCCN(C)C(=O)c1cc([N+](=O)[O-])ccc1NC. The molecule has 18 heavy (non-hydrogen) atoms. The fourth-order valence-electron chi connectivity index (χ4n) is 1.68. The van der Waals surface area contributed by atoms with Gasteiger partial charge in [-0.15, -0.1) is 0 Å². The molecule has 6 heteroatoms. The Bertz CT molecular complexity index is 460. The molecule has 0 saturated heterocycles. The van der Waals surface area contributed by atoms with Crippen LogP contribution in [0.25, 0.3) is 0 Å². The zero-order valence-electron chi connectivity index (χ0n) is 10.8. The molecule has 0 fully saturated rings. The highest BCUT2D eigenvalue weighted by Crippen LogP contribution is 2.23. The van der Waals surface area contributed by atoms with Gasteiger partial charge in [0, 0.05) is 38.5 Å². The topological polar surface area (TPSA) is 75.5 Å². The molecule has 0 spiro atoms. The van der Waals surface area contributed by atoms with Crippen molar-refractivity contribution in [2.24, 2.45) is 0 Å². The number of carbonyl (C=O) groups excluding carboxylic acids is 1. The second-order valence-electron chi connectivity index (χ2n) is 3.96. The lowest BCUT2D eigenvalue weighted by Crippen LogP contribution is -2.28. The Morgan fingerprint density at radius 2 is 2.17 bits per heavy atom. The fraction of sp³-hybridized carbons (Fsp3) is 0.417. The van der Waals surface area contributed by atoms with Crippen LogP contribution in [0.4, 0.5) is 11.4 Å². The molecular formula is C12H17N3O3. The van der Waals surface area contributed by atoms with E-state index in [9.17, 15) is 14.9 Å². The molecule has 1 amide bonds. The van der Waals surface area contributed by atoms with Crippen LogP contribution in [-0.2, 0) is 0 Å². The Morgan fingerprint density at radius 1 is 1.50 bits per heavy atom. The van der Waals surface area contributed by atoms with Gasteiger partial charge in [0.05, 0.1) is 10.5 Å². The molecule has 0 heterocycles. The van der Waals surface area contributed by atoms with Crippen molar-refractivity contribution in [3.8, 4) is 0 Å². The maximum atomic E-state index is 12.2. The fourth-order valence-corrected chi connectivity index (χ4v) is 1.68. The van der Waals surface area contributed by atoms with Crippen molar-refractivity contribution in [3.63, 3.8) is 0 Å². The average Bonchev–Trinajstić information content (AvgIpc) is 2.37. The third-order valence-electron chi connectivity index (χ3n) is 2.62. The second kappa shape index (κ2) is 6.00. The molecule has 0 saturated carbocycles. The van der Waals surface area contributed by atoms with Crippen LogP contribution < -0.4 is 5.32 Å². The Kier molecular flexibility index (Phi) is 4.65. The quantitative estimate of drug-likeness (QED) is 0.642. The van der Waals surface area contributed by atoms with E-state index in [2.05, 4.69) is 5.32 Å². The number of hydrogen-bond donors (Lipinski definition) is 1. The van der Waals surface area contributed by atoms with E-state index in [0.717, 1.165) is 6.42 Å². The molecule has 0 atom stereocenters. The lowest BCUT2D eigenvalue weighted by atomic mass is 10.1. The maximum Gasteiger partial charge on any atom is 0.270 e. The van der Waals surface area contributed by atoms with Crippen LogP contribution in [0.2, 0.25) is 0 Å². The van der Waals surface area contributed by atoms with Crippen LogP contribution in [0, 0.1) is 10.1 Å². The number of nitro groups is 1. The van der Waals surface area contributed by atoms with E-state index in [1.165, 1.54) is 12.1 Å². The van der Waals surface area contributed by atoms with Gasteiger partial charge in [-0.25, -0.2) is 0 Å². The molecule has 1 aromatic carbocycles. The minimum absolute atomic E-state index is 0.0813. The van der Waals surface area contributed by atoms with Crippen molar-refractivity contribution in [1.29, 1.82) is 0 Å². The first kappa shape index (κ1) is 14.0. The molecule has 0 unspecified atom stereocenters. The van der Waals surface area contributed by atoms with Crippen LogP contribution >= 0.6 is 0 Å². The van der Waals surface area contributed by atoms with Crippen molar-refractivity contribution in [2.75, 3.05) is 26.0 Å². The number of amides is 1. The van der Waals surface area contributed by atoms with Gasteiger partial charge in [0.25, 0.3) is 11.6 Å². The normalized spacial score (nSPS) is 9.94. The van der Waals surface area contributed by atoms with E-state index in [4.69, 9.17) is 0 Å². The smallest absolute Gasteiger partial charge is 0.270 e. The van der Waals surface area contributed by atoms with Gasteiger partial charge in [0.15, 0.2) is 0 Å². The van der Waals surface area contributed by atoms with Gasteiger partial charge in [-0.2, -0.15) is 0 Å². The number of anilines is 1. The van der Waals surface area contributed by atoms with Gasteiger partial charge in [-0.1, -0.05) is 6.92 Å². The van der Waals surface area contributed by atoms with Crippen LogP contribution in [0.15, 0.2) is 18.2 Å². The Hall–Kier alpha value is -2.11. The number of nitrogens with zero attached hydrogens (tertiary/aromatic N) is 2. The monoisotopic (exact) mass is 251 g/mol. The number of hydrogen-bond acceptors (Lipinski definition) is 4. The molecule has 0 aliphatic carbocycles. The zero-order valence-corrected chi connectivity index (χ0v) is 10.8. The molecule has 6 nitrogen and oxygen atoms in total. The highest BCUT2D eigenvalue weighted by Gasteiger charge is 2.18. The minimum Gasteiger partial charge on any atom is -0.387 e. The van der Waals surface area contributed by atoms with Crippen molar-refractivity contribution in [1.82, 2.24) is 4.90 Å². The lowest BCUT2D eigenvalue weighted by molar-refractivity contribution is -0.384. The van der Waals surface area contributed by atoms with Crippen LogP contribution in [-0.4, -0.2) is 36.4 Å². The molecule has 1 aromatic rings. The molecule has 1 rings (SSSR count). The summed E-state index contributed by atoms with van der Waals surface area (Å²) >= 11 is 0. The first-order valence-corrected chi connectivity index (χ1v) is 5.73. The molecule has 0 aliphatic rings.